The molecular formula is C23H25N5O4S. The first-order chi connectivity index (χ1) is 15.8. The van der Waals surface area contributed by atoms with Crippen LogP contribution in [0.3, 0.4) is 0 Å². The highest BCUT2D eigenvalue weighted by atomic mass is 32.2. The van der Waals surface area contributed by atoms with Gasteiger partial charge in [-0.15, -0.1) is 0 Å². The third kappa shape index (κ3) is 4.81. The van der Waals surface area contributed by atoms with Crippen molar-refractivity contribution in [1.82, 2.24) is 19.7 Å². The highest BCUT2D eigenvalue weighted by molar-refractivity contribution is 7.89. The Balaban J connectivity index is 1.63. The summed E-state index contributed by atoms with van der Waals surface area (Å²) < 4.78 is 33.4. The molecule has 2 heterocycles. The molecule has 1 aliphatic rings. The fraction of sp³-hybridized carbons (Fsp3) is 0.261. The molecule has 3 aromatic rings. The predicted octanol–water partition coefficient (Wildman–Crippen LogP) is 2.36. The number of carbonyl (C=O) groups excluding carboxylic acids is 1. The van der Waals surface area contributed by atoms with E-state index in [1.54, 1.807) is 12.1 Å². The number of methoxy groups -OCH3 is 1. The van der Waals surface area contributed by atoms with Crippen LogP contribution in [0.15, 0.2) is 59.5 Å². The second-order valence-corrected chi connectivity index (χ2v) is 9.69. The SMILES string of the molecule is COc1ccc(S(=O)(=O)N2Cc3ccccc3C[C@H]2C(=O)NNc2nc(C)cc(C)n2)cc1. The van der Waals surface area contributed by atoms with Gasteiger partial charge in [0, 0.05) is 17.9 Å². The molecule has 0 unspecified atom stereocenters. The average Bonchev–Trinajstić information content (AvgIpc) is 2.81. The van der Waals surface area contributed by atoms with Gasteiger partial charge in [-0.3, -0.25) is 15.6 Å². The number of rotatable bonds is 6. The summed E-state index contributed by atoms with van der Waals surface area (Å²) in [6, 6.07) is 14.5. The largest absolute Gasteiger partial charge is 0.497 e. The normalized spacial score (nSPS) is 16.0. The van der Waals surface area contributed by atoms with Crippen LogP contribution in [-0.4, -0.2) is 41.7 Å². The van der Waals surface area contributed by atoms with Crippen LogP contribution in [0.2, 0.25) is 0 Å². The molecule has 9 nitrogen and oxygen atoms in total. The maximum Gasteiger partial charge on any atom is 0.257 e. The van der Waals surface area contributed by atoms with Gasteiger partial charge >= 0.3 is 0 Å². The molecule has 1 aromatic heterocycles. The third-order valence-corrected chi connectivity index (χ3v) is 7.32. The summed E-state index contributed by atoms with van der Waals surface area (Å²) in [5, 5.41) is 0. The van der Waals surface area contributed by atoms with Gasteiger partial charge in [0.2, 0.25) is 16.0 Å². The molecule has 0 fully saturated rings. The molecule has 33 heavy (non-hydrogen) atoms. The monoisotopic (exact) mass is 467 g/mol. The number of hydrogen-bond acceptors (Lipinski definition) is 7. The Kier molecular flexibility index (Phi) is 6.30. The Morgan fingerprint density at radius 3 is 2.30 bits per heavy atom. The second kappa shape index (κ2) is 9.16. The molecule has 0 saturated carbocycles. The molecule has 0 aliphatic carbocycles. The number of hydrazine groups is 1. The number of aromatic nitrogens is 2. The van der Waals surface area contributed by atoms with E-state index in [4.69, 9.17) is 4.74 Å². The number of amides is 1. The van der Waals surface area contributed by atoms with Crippen LogP contribution in [0.25, 0.3) is 0 Å². The van der Waals surface area contributed by atoms with Gasteiger partial charge < -0.3 is 4.74 Å². The van der Waals surface area contributed by atoms with Crippen molar-refractivity contribution >= 4 is 21.9 Å². The van der Waals surface area contributed by atoms with Crippen molar-refractivity contribution in [1.29, 1.82) is 0 Å². The average molecular weight is 468 g/mol. The van der Waals surface area contributed by atoms with Gasteiger partial charge in [0.15, 0.2) is 0 Å². The lowest BCUT2D eigenvalue weighted by atomic mass is 9.95. The molecular weight excluding hydrogens is 442 g/mol. The number of nitrogens with zero attached hydrogens (tertiary/aromatic N) is 3. The zero-order chi connectivity index (χ0) is 23.6. The number of aryl methyl sites for hydroxylation is 2. The van der Waals surface area contributed by atoms with Gasteiger partial charge in [0.05, 0.1) is 12.0 Å². The minimum Gasteiger partial charge on any atom is -0.497 e. The Bertz CT molecular complexity index is 1260. The summed E-state index contributed by atoms with van der Waals surface area (Å²) in [6.45, 7) is 3.73. The standard InChI is InChI=1S/C23H25N5O4S/c1-15-12-16(2)25-23(24-15)27-26-22(29)21-13-17-6-4-5-7-18(17)14-28(21)33(30,31)20-10-8-19(32-3)9-11-20/h4-12,21H,13-14H2,1-3H3,(H,26,29)(H,24,25,27)/t21-/m0/s1. The van der Waals surface area contributed by atoms with Crippen molar-refractivity contribution in [3.63, 3.8) is 0 Å². The number of anilines is 1. The molecule has 0 spiro atoms. The number of nitrogens with one attached hydrogen (secondary N) is 2. The van der Waals surface area contributed by atoms with Crippen LogP contribution >= 0.6 is 0 Å². The van der Waals surface area contributed by atoms with Crippen molar-refractivity contribution < 1.29 is 17.9 Å². The number of hydrogen-bond donors (Lipinski definition) is 2. The fourth-order valence-corrected chi connectivity index (χ4v) is 5.41. The maximum absolute atomic E-state index is 13.5. The van der Waals surface area contributed by atoms with Gasteiger partial charge in [-0.05, 0) is 61.7 Å². The first kappa shape index (κ1) is 22.7. The molecule has 4 rings (SSSR count). The minimum atomic E-state index is -3.96. The summed E-state index contributed by atoms with van der Waals surface area (Å²) in [5.74, 6) is 0.288. The smallest absolute Gasteiger partial charge is 0.257 e. The third-order valence-electron chi connectivity index (χ3n) is 5.45. The highest BCUT2D eigenvalue weighted by Gasteiger charge is 2.39. The summed E-state index contributed by atoms with van der Waals surface area (Å²) in [4.78, 5) is 21.7. The van der Waals surface area contributed by atoms with Crippen LogP contribution in [0.5, 0.6) is 5.75 Å². The van der Waals surface area contributed by atoms with Crippen LogP contribution in [-0.2, 0) is 27.8 Å². The van der Waals surface area contributed by atoms with E-state index in [1.165, 1.54) is 23.5 Å². The van der Waals surface area contributed by atoms with Crippen molar-refractivity contribution in [2.45, 2.75) is 37.8 Å². The highest BCUT2D eigenvalue weighted by Crippen LogP contribution is 2.30. The van der Waals surface area contributed by atoms with Gasteiger partial charge in [0.1, 0.15) is 11.8 Å². The topological polar surface area (TPSA) is 114 Å². The first-order valence-electron chi connectivity index (χ1n) is 10.4. The van der Waals surface area contributed by atoms with Crippen LogP contribution < -0.4 is 15.6 Å². The zero-order valence-electron chi connectivity index (χ0n) is 18.6. The quantitative estimate of drug-likeness (QED) is 0.535. The lowest BCUT2D eigenvalue weighted by Crippen LogP contribution is -2.53. The van der Waals surface area contributed by atoms with Crippen molar-refractivity contribution in [2.75, 3.05) is 12.5 Å². The Labute approximate surface area is 192 Å². The van der Waals surface area contributed by atoms with Crippen molar-refractivity contribution in [3.05, 3.63) is 77.1 Å². The van der Waals surface area contributed by atoms with E-state index < -0.39 is 22.0 Å². The molecule has 0 saturated heterocycles. The number of fused-ring (bicyclic) bond motifs is 1. The maximum atomic E-state index is 13.5. The first-order valence-corrected chi connectivity index (χ1v) is 11.8. The van der Waals surface area contributed by atoms with Gasteiger partial charge in [0.25, 0.3) is 5.91 Å². The molecule has 1 aliphatic heterocycles. The lowest BCUT2D eigenvalue weighted by Gasteiger charge is -2.35. The van der Waals surface area contributed by atoms with E-state index in [0.717, 1.165) is 22.5 Å². The molecule has 172 valence electrons. The van der Waals surface area contributed by atoms with Gasteiger partial charge in [-0.2, -0.15) is 4.31 Å². The van der Waals surface area contributed by atoms with Crippen LogP contribution in [0.4, 0.5) is 5.95 Å². The molecule has 0 bridgehead atoms. The Hall–Kier alpha value is -3.50. The van der Waals surface area contributed by atoms with E-state index in [9.17, 15) is 13.2 Å². The van der Waals surface area contributed by atoms with E-state index in [1.807, 2.05) is 44.2 Å². The van der Waals surface area contributed by atoms with Gasteiger partial charge in [-0.25, -0.2) is 18.4 Å². The van der Waals surface area contributed by atoms with Gasteiger partial charge in [-0.1, -0.05) is 24.3 Å². The molecule has 1 atom stereocenters. The summed E-state index contributed by atoms with van der Waals surface area (Å²) >= 11 is 0. The summed E-state index contributed by atoms with van der Waals surface area (Å²) in [6.07, 6.45) is 0.243. The Morgan fingerprint density at radius 2 is 1.67 bits per heavy atom. The number of benzene rings is 2. The molecule has 2 N–H and O–H groups in total. The minimum absolute atomic E-state index is 0.0860. The number of ether oxygens (including phenoxy) is 1. The van der Waals surface area contributed by atoms with E-state index >= 15 is 0 Å². The fourth-order valence-electron chi connectivity index (χ4n) is 3.84. The van der Waals surface area contributed by atoms with E-state index in [2.05, 4.69) is 20.8 Å². The second-order valence-electron chi connectivity index (χ2n) is 7.80. The molecule has 1 amide bonds. The summed E-state index contributed by atoms with van der Waals surface area (Å²) in [7, 11) is -2.45. The zero-order valence-corrected chi connectivity index (χ0v) is 19.4. The molecule has 2 aromatic carbocycles. The van der Waals surface area contributed by atoms with Crippen LogP contribution in [0, 0.1) is 13.8 Å². The lowest BCUT2D eigenvalue weighted by molar-refractivity contribution is -0.124. The number of sulfonamides is 1. The molecule has 0 radical (unpaired) electrons. The predicted molar refractivity (Wildman–Crippen MR) is 123 cm³/mol. The number of carbonyl (C=O) groups is 1. The van der Waals surface area contributed by atoms with E-state index in [-0.39, 0.29) is 23.8 Å². The van der Waals surface area contributed by atoms with E-state index in [0.29, 0.717) is 5.75 Å². The van der Waals surface area contributed by atoms with Crippen molar-refractivity contribution in [3.8, 4) is 5.75 Å². The van der Waals surface area contributed by atoms with Crippen LogP contribution in [0.1, 0.15) is 22.5 Å². The summed E-state index contributed by atoms with van der Waals surface area (Å²) in [5.41, 5.74) is 8.59. The Morgan fingerprint density at radius 1 is 1.03 bits per heavy atom. The molecule has 10 heteroatoms. The van der Waals surface area contributed by atoms with Crippen molar-refractivity contribution in [2.24, 2.45) is 0 Å².